The molecule has 0 atom stereocenters. The Balaban J connectivity index is 1.35. The number of amides is 3. The number of hydrogen-bond donors (Lipinski definition) is 2. The minimum Gasteiger partial charge on any atom is -0.355 e. The van der Waals surface area contributed by atoms with Crippen molar-refractivity contribution in [1.82, 2.24) is 15.5 Å². The zero-order chi connectivity index (χ0) is 20.5. The molecule has 0 spiro atoms. The van der Waals surface area contributed by atoms with Crippen LogP contribution < -0.4 is 10.6 Å². The summed E-state index contributed by atoms with van der Waals surface area (Å²) in [6, 6.07) is 13.8. The Morgan fingerprint density at radius 3 is 2.66 bits per heavy atom. The van der Waals surface area contributed by atoms with E-state index in [1.54, 1.807) is 0 Å². The molecule has 2 aromatic carbocycles. The third-order valence-electron chi connectivity index (χ3n) is 5.28. The van der Waals surface area contributed by atoms with Crippen LogP contribution in [0.4, 0.5) is 0 Å². The van der Waals surface area contributed by atoms with Gasteiger partial charge in [-0.3, -0.25) is 14.4 Å². The van der Waals surface area contributed by atoms with Crippen molar-refractivity contribution in [2.45, 2.75) is 38.5 Å². The Labute approximate surface area is 171 Å². The molecule has 2 aromatic rings. The molecule has 0 saturated carbocycles. The van der Waals surface area contributed by atoms with Gasteiger partial charge in [-0.15, -0.1) is 0 Å². The molecule has 1 saturated heterocycles. The van der Waals surface area contributed by atoms with Crippen molar-refractivity contribution in [2.24, 2.45) is 0 Å². The van der Waals surface area contributed by atoms with E-state index in [9.17, 15) is 14.4 Å². The van der Waals surface area contributed by atoms with Crippen LogP contribution in [0.1, 0.15) is 37.7 Å². The first-order valence-electron chi connectivity index (χ1n) is 10.4. The molecule has 0 bridgehead atoms. The van der Waals surface area contributed by atoms with Gasteiger partial charge in [-0.2, -0.15) is 0 Å². The van der Waals surface area contributed by atoms with E-state index in [1.165, 1.54) is 0 Å². The summed E-state index contributed by atoms with van der Waals surface area (Å²) in [5.41, 5.74) is 0.947. The number of nitrogens with zero attached hydrogens (tertiary/aromatic N) is 1. The Morgan fingerprint density at radius 1 is 0.931 bits per heavy atom. The molecule has 2 N–H and O–H groups in total. The van der Waals surface area contributed by atoms with Crippen LogP contribution in [-0.2, 0) is 20.8 Å². The lowest BCUT2D eigenvalue weighted by atomic mass is 10.0. The van der Waals surface area contributed by atoms with Crippen molar-refractivity contribution in [2.75, 3.05) is 26.2 Å². The summed E-state index contributed by atoms with van der Waals surface area (Å²) in [5.74, 6) is -0.167. The van der Waals surface area contributed by atoms with E-state index in [2.05, 4.69) is 10.6 Å². The molecule has 1 heterocycles. The molecule has 154 valence electrons. The number of nitrogens with one attached hydrogen (secondary N) is 2. The van der Waals surface area contributed by atoms with E-state index in [0.29, 0.717) is 19.5 Å². The number of hydrogen-bond acceptors (Lipinski definition) is 3. The Bertz CT molecular complexity index is 860. The van der Waals surface area contributed by atoms with Crippen LogP contribution in [0, 0.1) is 0 Å². The molecule has 1 fully saturated rings. The van der Waals surface area contributed by atoms with Gasteiger partial charge in [0.05, 0.1) is 13.0 Å². The summed E-state index contributed by atoms with van der Waals surface area (Å²) >= 11 is 0. The first-order valence-corrected chi connectivity index (χ1v) is 10.4. The molecule has 3 amide bonds. The topological polar surface area (TPSA) is 78.5 Å². The second-order valence-electron chi connectivity index (χ2n) is 7.49. The van der Waals surface area contributed by atoms with Gasteiger partial charge < -0.3 is 15.5 Å². The van der Waals surface area contributed by atoms with Crippen LogP contribution in [0.15, 0.2) is 42.5 Å². The fourth-order valence-corrected chi connectivity index (χ4v) is 3.70. The molecule has 1 aliphatic heterocycles. The van der Waals surface area contributed by atoms with E-state index in [4.69, 9.17) is 0 Å². The van der Waals surface area contributed by atoms with Crippen molar-refractivity contribution in [3.63, 3.8) is 0 Å². The van der Waals surface area contributed by atoms with Crippen LogP contribution in [0.5, 0.6) is 0 Å². The van der Waals surface area contributed by atoms with Crippen molar-refractivity contribution in [3.8, 4) is 0 Å². The number of carbonyl (C=O) groups excluding carboxylic acids is 3. The maximum absolute atomic E-state index is 12.2. The third-order valence-corrected chi connectivity index (χ3v) is 5.28. The van der Waals surface area contributed by atoms with Gasteiger partial charge in [0, 0.05) is 26.1 Å². The third kappa shape index (κ3) is 6.31. The standard InChI is InChI=1S/C23H29N3O3/c27-21(16-19-10-6-9-18-8-3-4-11-20(18)19)25-17-22(28)24-13-7-15-26-14-5-1-2-12-23(26)29/h3-4,6,8-11H,1-2,5,7,12-17H2,(H,24,28)(H,25,27). The molecule has 1 aliphatic rings. The molecule has 29 heavy (non-hydrogen) atoms. The smallest absolute Gasteiger partial charge is 0.239 e. The normalized spacial score (nSPS) is 14.5. The lowest BCUT2D eigenvalue weighted by molar-refractivity contribution is -0.130. The van der Waals surface area contributed by atoms with Crippen LogP contribution in [0.3, 0.4) is 0 Å². The lowest BCUT2D eigenvalue weighted by Gasteiger charge is -2.20. The minimum atomic E-state index is -0.210. The van der Waals surface area contributed by atoms with Crippen LogP contribution in [-0.4, -0.2) is 48.8 Å². The quantitative estimate of drug-likeness (QED) is 0.674. The van der Waals surface area contributed by atoms with Crippen molar-refractivity contribution >= 4 is 28.5 Å². The Kier molecular flexibility index (Phi) is 7.61. The van der Waals surface area contributed by atoms with E-state index in [-0.39, 0.29) is 30.7 Å². The molecular formula is C23H29N3O3. The molecule has 3 rings (SSSR count). The van der Waals surface area contributed by atoms with Gasteiger partial charge in [0.25, 0.3) is 0 Å². The van der Waals surface area contributed by atoms with Crippen molar-refractivity contribution in [1.29, 1.82) is 0 Å². The SMILES string of the molecule is O=C(CNC(=O)Cc1cccc2ccccc12)NCCCN1CCCCCC1=O. The predicted octanol–water partition coefficient (Wildman–Crippen LogP) is 2.41. The average molecular weight is 396 g/mol. The maximum Gasteiger partial charge on any atom is 0.239 e. The molecule has 0 aromatic heterocycles. The molecule has 0 radical (unpaired) electrons. The summed E-state index contributed by atoms with van der Waals surface area (Å²) in [7, 11) is 0. The first kappa shape index (κ1) is 20.8. The number of carbonyl (C=O) groups is 3. The maximum atomic E-state index is 12.2. The second kappa shape index (κ2) is 10.6. The minimum absolute atomic E-state index is 0.0355. The molecular weight excluding hydrogens is 366 g/mol. The van der Waals surface area contributed by atoms with Gasteiger partial charge in [-0.05, 0) is 35.6 Å². The number of likely N-dealkylation sites (tertiary alicyclic amines) is 1. The number of rotatable bonds is 8. The van der Waals surface area contributed by atoms with E-state index < -0.39 is 0 Å². The van der Waals surface area contributed by atoms with Crippen LogP contribution in [0.2, 0.25) is 0 Å². The zero-order valence-corrected chi connectivity index (χ0v) is 16.8. The van der Waals surface area contributed by atoms with Gasteiger partial charge in [0.2, 0.25) is 17.7 Å². The summed E-state index contributed by atoms with van der Waals surface area (Å²) in [6.45, 7) is 1.96. The molecule has 0 aliphatic carbocycles. The fraction of sp³-hybridized carbons (Fsp3) is 0.435. The predicted molar refractivity (Wildman–Crippen MR) is 113 cm³/mol. The van der Waals surface area contributed by atoms with Gasteiger partial charge >= 0.3 is 0 Å². The van der Waals surface area contributed by atoms with Crippen molar-refractivity contribution in [3.05, 3.63) is 48.0 Å². The van der Waals surface area contributed by atoms with E-state index in [1.807, 2.05) is 47.4 Å². The summed E-state index contributed by atoms with van der Waals surface area (Å²) < 4.78 is 0. The monoisotopic (exact) mass is 395 g/mol. The summed E-state index contributed by atoms with van der Waals surface area (Å²) in [6.07, 6.45) is 4.74. The van der Waals surface area contributed by atoms with E-state index in [0.717, 1.165) is 48.6 Å². The van der Waals surface area contributed by atoms with E-state index >= 15 is 0 Å². The van der Waals surface area contributed by atoms with Gasteiger partial charge in [-0.25, -0.2) is 0 Å². The average Bonchev–Trinajstić information content (AvgIpc) is 2.94. The van der Waals surface area contributed by atoms with Crippen LogP contribution >= 0.6 is 0 Å². The van der Waals surface area contributed by atoms with Gasteiger partial charge in [0.15, 0.2) is 0 Å². The van der Waals surface area contributed by atoms with Crippen LogP contribution in [0.25, 0.3) is 10.8 Å². The zero-order valence-electron chi connectivity index (χ0n) is 16.8. The Morgan fingerprint density at radius 2 is 1.76 bits per heavy atom. The molecule has 0 unspecified atom stereocenters. The summed E-state index contributed by atoms with van der Waals surface area (Å²) in [4.78, 5) is 38.0. The number of benzene rings is 2. The largest absolute Gasteiger partial charge is 0.355 e. The fourth-order valence-electron chi connectivity index (χ4n) is 3.70. The summed E-state index contributed by atoms with van der Waals surface area (Å²) in [5, 5.41) is 7.64. The van der Waals surface area contributed by atoms with Gasteiger partial charge in [0.1, 0.15) is 0 Å². The molecule has 6 heteroatoms. The molecule has 6 nitrogen and oxygen atoms in total. The lowest BCUT2D eigenvalue weighted by Crippen LogP contribution is -2.39. The highest BCUT2D eigenvalue weighted by Gasteiger charge is 2.15. The van der Waals surface area contributed by atoms with Gasteiger partial charge in [-0.1, -0.05) is 48.9 Å². The highest BCUT2D eigenvalue weighted by molar-refractivity contribution is 5.91. The van der Waals surface area contributed by atoms with Crippen molar-refractivity contribution < 1.29 is 14.4 Å². The first-order chi connectivity index (χ1) is 14.1. The number of fused-ring (bicyclic) bond motifs is 1. The highest BCUT2D eigenvalue weighted by Crippen LogP contribution is 2.18. The highest BCUT2D eigenvalue weighted by atomic mass is 16.2. The second-order valence-corrected chi connectivity index (χ2v) is 7.49. The Hall–Kier alpha value is -2.89.